The summed E-state index contributed by atoms with van der Waals surface area (Å²) in [4.78, 5) is 13.7. The maximum atomic E-state index is 4.47. The maximum Gasteiger partial charge on any atom is 0.109 e. The van der Waals surface area contributed by atoms with Gasteiger partial charge in [0.15, 0.2) is 0 Å². The molecule has 1 fully saturated rings. The van der Waals surface area contributed by atoms with Crippen molar-refractivity contribution in [3.8, 4) is 0 Å². The van der Waals surface area contributed by atoms with Crippen molar-refractivity contribution in [1.29, 1.82) is 0 Å². The molecule has 1 saturated heterocycles. The molecule has 24 heavy (non-hydrogen) atoms. The molecule has 0 spiro atoms. The summed E-state index contributed by atoms with van der Waals surface area (Å²) in [6.45, 7) is 7.74. The fourth-order valence-electron chi connectivity index (χ4n) is 3.40. The molecule has 124 valence electrons. The summed E-state index contributed by atoms with van der Waals surface area (Å²) >= 11 is 1.76. The third-order valence-corrected chi connectivity index (χ3v) is 5.82. The molecule has 0 amide bonds. The largest absolute Gasteiger partial charge is 0.297 e. The average Bonchev–Trinajstić information content (AvgIpc) is 3.16. The molecular weight excluding hydrogens is 316 g/mol. The summed E-state index contributed by atoms with van der Waals surface area (Å²) in [5.74, 6) is 0. The van der Waals surface area contributed by atoms with Crippen molar-refractivity contribution in [2.45, 2.75) is 19.5 Å². The van der Waals surface area contributed by atoms with E-state index in [-0.39, 0.29) is 0 Å². The Kier molecular flexibility index (Phi) is 4.56. The van der Waals surface area contributed by atoms with Crippen LogP contribution in [0.5, 0.6) is 0 Å². The Morgan fingerprint density at radius 3 is 2.75 bits per heavy atom. The number of thiazole rings is 1. The molecule has 4 nitrogen and oxygen atoms in total. The molecule has 4 rings (SSSR count). The van der Waals surface area contributed by atoms with Crippen LogP contribution in [-0.4, -0.2) is 45.9 Å². The van der Waals surface area contributed by atoms with E-state index in [4.69, 9.17) is 0 Å². The van der Waals surface area contributed by atoms with E-state index in [0.717, 1.165) is 32.7 Å². The lowest BCUT2D eigenvalue weighted by atomic mass is 10.1. The van der Waals surface area contributed by atoms with E-state index in [1.54, 1.807) is 11.3 Å². The predicted molar refractivity (Wildman–Crippen MR) is 99.1 cm³/mol. The van der Waals surface area contributed by atoms with Crippen LogP contribution in [0.25, 0.3) is 10.8 Å². The van der Waals surface area contributed by atoms with Crippen LogP contribution < -0.4 is 0 Å². The predicted octanol–water partition coefficient (Wildman–Crippen LogP) is 3.57. The molecule has 3 aromatic rings. The molecule has 0 bridgehead atoms. The van der Waals surface area contributed by atoms with Gasteiger partial charge in [-0.25, -0.2) is 4.98 Å². The van der Waals surface area contributed by atoms with Gasteiger partial charge in [0, 0.05) is 62.1 Å². The summed E-state index contributed by atoms with van der Waals surface area (Å²) in [6, 6.07) is 9.22. The summed E-state index contributed by atoms with van der Waals surface area (Å²) in [5, 5.41) is 5.78. The Labute approximate surface area is 146 Å². The van der Waals surface area contributed by atoms with Gasteiger partial charge in [-0.2, -0.15) is 0 Å². The second kappa shape index (κ2) is 6.97. The smallest absolute Gasteiger partial charge is 0.109 e. The number of benzene rings is 1. The van der Waals surface area contributed by atoms with E-state index in [9.17, 15) is 0 Å². The molecule has 0 radical (unpaired) electrons. The highest BCUT2D eigenvalue weighted by atomic mass is 32.1. The highest BCUT2D eigenvalue weighted by Crippen LogP contribution is 2.24. The molecule has 0 aliphatic carbocycles. The van der Waals surface area contributed by atoms with Gasteiger partial charge >= 0.3 is 0 Å². The minimum atomic E-state index is 0.431. The number of pyridine rings is 1. The zero-order chi connectivity index (χ0) is 16.4. The Morgan fingerprint density at radius 2 is 1.96 bits per heavy atom. The number of rotatable bonds is 4. The number of nitrogens with zero attached hydrogens (tertiary/aromatic N) is 4. The second-order valence-electron chi connectivity index (χ2n) is 6.42. The van der Waals surface area contributed by atoms with Crippen LogP contribution >= 0.6 is 11.3 Å². The van der Waals surface area contributed by atoms with Crippen LogP contribution in [-0.2, 0) is 6.54 Å². The summed E-state index contributed by atoms with van der Waals surface area (Å²) in [7, 11) is 0. The Hall–Kier alpha value is -1.82. The molecule has 0 saturated carbocycles. The monoisotopic (exact) mass is 338 g/mol. The molecule has 1 aliphatic heterocycles. The molecular formula is C19H22N4S. The van der Waals surface area contributed by atoms with Gasteiger partial charge in [0.2, 0.25) is 0 Å². The number of hydrogen-bond donors (Lipinski definition) is 0. The number of aromatic nitrogens is 2. The fourth-order valence-corrected chi connectivity index (χ4v) is 4.12. The first kappa shape index (κ1) is 15.7. The van der Waals surface area contributed by atoms with Gasteiger partial charge in [-0.05, 0) is 30.0 Å². The first-order valence-electron chi connectivity index (χ1n) is 8.48. The van der Waals surface area contributed by atoms with Crippen molar-refractivity contribution in [2.75, 3.05) is 26.2 Å². The Balaban J connectivity index is 1.37. The third-order valence-electron chi connectivity index (χ3n) is 4.87. The van der Waals surface area contributed by atoms with Gasteiger partial charge in [-0.1, -0.05) is 12.1 Å². The van der Waals surface area contributed by atoms with Crippen molar-refractivity contribution < 1.29 is 0 Å². The quantitative estimate of drug-likeness (QED) is 0.728. The zero-order valence-corrected chi connectivity index (χ0v) is 14.7. The Bertz CT molecular complexity index is 794. The molecule has 1 atom stereocenters. The molecule has 1 unspecified atom stereocenters. The van der Waals surface area contributed by atoms with Crippen LogP contribution in [0.4, 0.5) is 0 Å². The minimum absolute atomic E-state index is 0.431. The van der Waals surface area contributed by atoms with E-state index in [0.29, 0.717) is 6.04 Å². The first-order valence-corrected chi connectivity index (χ1v) is 9.36. The second-order valence-corrected chi connectivity index (χ2v) is 7.34. The summed E-state index contributed by atoms with van der Waals surface area (Å²) in [5.41, 5.74) is 1.38. The minimum Gasteiger partial charge on any atom is -0.297 e. The lowest BCUT2D eigenvalue weighted by Crippen LogP contribution is -2.46. The van der Waals surface area contributed by atoms with Gasteiger partial charge in [0.05, 0.1) is 6.04 Å². The van der Waals surface area contributed by atoms with Gasteiger partial charge in [0.25, 0.3) is 0 Å². The van der Waals surface area contributed by atoms with Crippen molar-refractivity contribution >= 4 is 22.1 Å². The number of fused-ring (bicyclic) bond motifs is 1. The molecule has 1 aliphatic rings. The van der Waals surface area contributed by atoms with Crippen molar-refractivity contribution in [1.82, 2.24) is 19.8 Å². The van der Waals surface area contributed by atoms with Crippen molar-refractivity contribution in [3.63, 3.8) is 0 Å². The first-order chi connectivity index (χ1) is 11.8. The molecule has 2 aromatic heterocycles. The lowest BCUT2D eigenvalue weighted by Gasteiger charge is -2.37. The molecule has 0 N–H and O–H groups in total. The highest BCUT2D eigenvalue weighted by Gasteiger charge is 2.23. The fraction of sp³-hybridized carbons (Fsp3) is 0.368. The van der Waals surface area contributed by atoms with Crippen LogP contribution in [0.3, 0.4) is 0 Å². The summed E-state index contributed by atoms with van der Waals surface area (Å²) < 4.78 is 0. The number of hydrogen-bond acceptors (Lipinski definition) is 5. The van der Waals surface area contributed by atoms with Crippen LogP contribution in [0.1, 0.15) is 23.5 Å². The van der Waals surface area contributed by atoms with Gasteiger partial charge < -0.3 is 0 Å². The maximum absolute atomic E-state index is 4.47. The van der Waals surface area contributed by atoms with Gasteiger partial charge in [-0.15, -0.1) is 11.3 Å². The van der Waals surface area contributed by atoms with Crippen molar-refractivity contribution in [3.05, 3.63) is 58.8 Å². The van der Waals surface area contributed by atoms with Crippen LogP contribution in [0, 0.1) is 0 Å². The SMILES string of the molecule is CC(c1nccs1)N1CCN(Cc2ccc3cnccc3c2)CC1. The lowest BCUT2D eigenvalue weighted by molar-refractivity contribution is 0.0978. The van der Waals surface area contributed by atoms with E-state index >= 15 is 0 Å². The van der Waals surface area contributed by atoms with E-state index in [1.807, 2.05) is 18.6 Å². The number of piperazine rings is 1. The molecule has 5 heteroatoms. The molecule has 3 heterocycles. The normalized spacial score (nSPS) is 18.0. The standard InChI is InChI=1S/C19H22N4S/c1-15(19-21-6-11-24-19)23-9-7-22(8-10-23)14-16-2-3-18-13-20-5-4-17(18)12-16/h2-6,11-13,15H,7-10,14H2,1H3. The average molecular weight is 338 g/mol. The topological polar surface area (TPSA) is 32.3 Å². The highest BCUT2D eigenvalue weighted by molar-refractivity contribution is 7.09. The Morgan fingerprint density at radius 1 is 1.08 bits per heavy atom. The van der Waals surface area contributed by atoms with E-state index in [2.05, 4.69) is 56.3 Å². The zero-order valence-electron chi connectivity index (χ0n) is 13.9. The van der Waals surface area contributed by atoms with Crippen LogP contribution in [0.2, 0.25) is 0 Å². The van der Waals surface area contributed by atoms with Gasteiger partial charge in [0.1, 0.15) is 5.01 Å². The third kappa shape index (κ3) is 3.34. The van der Waals surface area contributed by atoms with Crippen LogP contribution in [0.15, 0.2) is 48.2 Å². The summed E-state index contributed by atoms with van der Waals surface area (Å²) in [6.07, 6.45) is 5.70. The van der Waals surface area contributed by atoms with E-state index in [1.165, 1.54) is 21.3 Å². The molecule has 1 aromatic carbocycles. The van der Waals surface area contributed by atoms with Crippen molar-refractivity contribution in [2.24, 2.45) is 0 Å². The van der Waals surface area contributed by atoms with Gasteiger partial charge in [-0.3, -0.25) is 14.8 Å². The van der Waals surface area contributed by atoms with E-state index < -0.39 is 0 Å².